The molecule has 5 nitrogen and oxygen atoms in total. The van der Waals surface area contributed by atoms with E-state index in [9.17, 15) is 9.18 Å². The van der Waals surface area contributed by atoms with Crippen molar-refractivity contribution in [2.75, 3.05) is 13.1 Å². The number of aryl methyl sites for hydroxylation is 1. The van der Waals surface area contributed by atoms with Gasteiger partial charge in [0.15, 0.2) is 0 Å². The first kappa shape index (κ1) is 15.6. The Hall–Kier alpha value is -2.24. The van der Waals surface area contributed by atoms with Crippen molar-refractivity contribution in [2.45, 2.75) is 32.6 Å². The topological polar surface area (TPSA) is 59.2 Å². The van der Waals surface area contributed by atoms with Gasteiger partial charge in [-0.3, -0.25) is 4.79 Å². The van der Waals surface area contributed by atoms with Crippen molar-refractivity contribution in [2.24, 2.45) is 5.92 Å². The molecule has 2 heterocycles. The third-order valence-corrected chi connectivity index (χ3v) is 4.13. The van der Waals surface area contributed by atoms with Crippen molar-refractivity contribution >= 4 is 5.91 Å². The summed E-state index contributed by atoms with van der Waals surface area (Å²) >= 11 is 0. The van der Waals surface area contributed by atoms with Crippen LogP contribution >= 0.6 is 0 Å². The van der Waals surface area contributed by atoms with Gasteiger partial charge in [-0.2, -0.15) is 0 Å². The third kappa shape index (κ3) is 3.75. The van der Waals surface area contributed by atoms with Crippen molar-refractivity contribution < 1.29 is 13.6 Å². The van der Waals surface area contributed by atoms with Gasteiger partial charge in [0, 0.05) is 25.9 Å². The molecule has 2 aromatic rings. The van der Waals surface area contributed by atoms with E-state index in [0.717, 1.165) is 19.5 Å². The van der Waals surface area contributed by atoms with E-state index in [4.69, 9.17) is 4.42 Å². The number of carbonyl (C=O) groups excluding carboxylic acids is 1. The molecule has 1 aliphatic rings. The van der Waals surface area contributed by atoms with Crippen LogP contribution in [0.15, 0.2) is 28.7 Å². The summed E-state index contributed by atoms with van der Waals surface area (Å²) in [5, 5.41) is 7.78. The Morgan fingerprint density at radius 2 is 2.22 bits per heavy atom. The molecule has 1 unspecified atom stereocenters. The summed E-state index contributed by atoms with van der Waals surface area (Å²) in [5.41, 5.74) is 0.280. The first-order valence-corrected chi connectivity index (χ1v) is 7.98. The Morgan fingerprint density at radius 1 is 1.39 bits per heavy atom. The van der Waals surface area contributed by atoms with Crippen LogP contribution in [0.5, 0.6) is 0 Å². The molecular formula is C17H20FN3O2. The van der Waals surface area contributed by atoms with Crippen molar-refractivity contribution in [3.8, 4) is 11.5 Å². The second-order valence-corrected chi connectivity index (χ2v) is 6.07. The van der Waals surface area contributed by atoms with E-state index in [1.807, 2.05) is 4.90 Å². The van der Waals surface area contributed by atoms with Crippen LogP contribution in [0.3, 0.4) is 0 Å². The third-order valence-electron chi connectivity index (χ3n) is 4.13. The van der Waals surface area contributed by atoms with Gasteiger partial charge in [-0.05, 0) is 30.9 Å². The quantitative estimate of drug-likeness (QED) is 0.869. The summed E-state index contributed by atoms with van der Waals surface area (Å²) in [6, 6.07) is 6.25. The minimum absolute atomic E-state index is 0.113. The smallest absolute Gasteiger partial charge is 0.250 e. The molecule has 1 aromatic heterocycles. The number of aromatic nitrogens is 2. The Labute approximate surface area is 134 Å². The number of carbonyl (C=O) groups is 1. The predicted octanol–water partition coefficient (Wildman–Crippen LogP) is 3.07. The first-order valence-electron chi connectivity index (χ1n) is 7.98. The Kier molecular flexibility index (Phi) is 4.69. The Balaban J connectivity index is 1.59. The maximum atomic E-state index is 13.7. The van der Waals surface area contributed by atoms with Crippen molar-refractivity contribution in [3.63, 3.8) is 0 Å². The highest BCUT2D eigenvalue weighted by Gasteiger charge is 2.21. The molecule has 1 aromatic carbocycles. The van der Waals surface area contributed by atoms with Crippen LogP contribution in [0.2, 0.25) is 0 Å². The molecule has 1 atom stereocenters. The predicted molar refractivity (Wildman–Crippen MR) is 83.0 cm³/mol. The average molecular weight is 317 g/mol. The second kappa shape index (κ2) is 6.89. The lowest BCUT2D eigenvalue weighted by atomic mass is 10.00. The standard InChI is InChI=1S/C17H20FN3O2/c1-12-5-4-10-21(11-12)16(22)9-8-15-19-20-17(23-15)13-6-2-3-7-14(13)18/h2-3,6-7,12H,4-5,8-11H2,1H3. The van der Waals surface area contributed by atoms with Gasteiger partial charge in [0.25, 0.3) is 5.89 Å². The lowest BCUT2D eigenvalue weighted by Crippen LogP contribution is -2.39. The number of likely N-dealkylation sites (tertiary alicyclic amines) is 1. The summed E-state index contributed by atoms with van der Waals surface area (Å²) in [6.45, 7) is 3.81. The summed E-state index contributed by atoms with van der Waals surface area (Å²) in [5.74, 6) is 0.783. The average Bonchev–Trinajstić information content (AvgIpc) is 3.02. The van der Waals surface area contributed by atoms with E-state index in [1.165, 1.54) is 12.5 Å². The summed E-state index contributed by atoms with van der Waals surface area (Å²) in [4.78, 5) is 14.1. The molecule has 0 aliphatic carbocycles. The van der Waals surface area contributed by atoms with Crippen LogP contribution in [0.4, 0.5) is 4.39 Å². The summed E-state index contributed by atoms with van der Waals surface area (Å²) in [7, 11) is 0. The van der Waals surface area contributed by atoms with E-state index < -0.39 is 5.82 Å². The number of nitrogens with zero attached hydrogens (tertiary/aromatic N) is 3. The van der Waals surface area contributed by atoms with Gasteiger partial charge in [-0.1, -0.05) is 19.1 Å². The number of benzene rings is 1. The number of rotatable bonds is 4. The maximum absolute atomic E-state index is 13.7. The molecular weight excluding hydrogens is 297 g/mol. The second-order valence-electron chi connectivity index (χ2n) is 6.07. The molecule has 0 N–H and O–H groups in total. The SMILES string of the molecule is CC1CCCN(C(=O)CCc2nnc(-c3ccccc3F)o2)C1. The molecule has 0 spiro atoms. The lowest BCUT2D eigenvalue weighted by molar-refractivity contribution is -0.132. The highest BCUT2D eigenvalue weighted by atomic mass is 19.1. The van der Waals surface area contributed by atoms with E-state index in [-0.39, 0.29) is 17.4 Å². The van der Waals surface area contributed by atoms with Gasteiger partial charge in [-0.25, -0.2) is 4.39 Å². The zero-order valence-electron chi connectivity index (χ0n) is 13.2. The molecule has 3 rings (SSSR count). The molecule has 23 heavy (non-hydrogen) atoms. The maximum Gasteiger partial charge on any atom is 0.250 e. The lowest BCUT2D eigenvalue weighted by Gasteiger charge is -2.30. The Bertz CT molecular complexity index is 686. The van der Waals surface area contributed by atoms with E-state index in [1.54, 1.807) is 18.2 Å². The molecule has 1 aliphatic heterocycles. The molecule has 1 saturated heterocycles. The number of hydrogen-bond donors (Lipinski definition) is 0. The van der Waals surface area contributed by atoms with Crippen molar-refractivity contribution in [1.82, 2.24) is 15.1 Å². The van der Waals surface area contributed by atoms with Crippen LogP contribution in [0, 0.1) is 11.7 Å². The molecule has 6 heteroatoms. The summed E-state index contributed by atoms with van der Waals surface area (Å²) < 4.78 is 19.2. The van der Waals surface area contributed by atoms with Gasteiger partial charge in [-0.15, -0.1) is 10.2 Å². The molecule has 122 valence electrons. The van der Waals surface area contributed by atoms with Crippen LogP contribution in [-0.4, -0.2) is 34.1 Å². The zero-order chi connectivity index (χ0) is 16.2. The highest BCUT2D eigenvalue weighted by molar-refractivity contribution is 5.76. The largest absolute Gasteiger partial charge is 0.421 e. The fraction of sp³-hybridized carbons (Fsp3) is 0.471. The van der Waals surface area contributed by atoms with Crippen molar-refractivity contribution in [1.29, 1.82) is 0 Å². The van der Waals surface area contributed by atoms with Crippen LogP contribution in [0.1, 0.15) is 32.1 Å². The van der Waals surface area contributed by atoms with Gasteiger partial charge in [0.05, 0.1) is 5.56 Å². The minimum atomic E-state index is -0.402. The first-order chi connectivity index (χ1) is 11.1. The molecule has 0 bridgehead atoms. The molecule has 1 fully saturated rings. The molecule has 1 amide bonds. The molecule has 0 saturated carbocycles. The van der Waals surface area contributed by atoms with E-state index in [0.29, 0.717) is 24.7 Å². The normalized spacial score (nSPS) is 18.2. The van der Waals surface area contributed by atoms with Crippen molar-refractivity contribution in [3.05, 3.63) is 36.0 Å². The van der Waals surface area contributed by atoms with Crippen LogP contribution in [0.25, 0.3) is 11.5 Å². The fourth-order valence-electron chi connectivity index (χ4n) is 2.89. The number of amides is 1. The monoisotopic (exact) mass is 317 g/mol. The van der Waals surface area contributed by atoms with Gasteiger partial charge in [0.2, 0.25) is 11.8 Å². The van der Waals surface area contributed by atoms with Gasteiger partial charge < -0.3 is 9.32 Å². The molecule has 0 radical (unpaired) electrons. The van der Waals surface area contributed by atoms with Gasteiger partial charge in [0.1, 0.15) is 5.82 Å². The number of halogens is 1. The highest BCUT2D eigenvalue weighted by Crippen LogP contribution is 2.22. The zero-order valence-corrected chi connectivity index (χ0v) is 13.2. The van der Waals surface area contributed by atoms with E-state index in [2.05, 4.69) is 17.1 Å². The Morgan fingerprint density at radius 3 is 3.00 bits per heavy atom. The van der Waals surface area contributed by atoms with Crippen LogP contribution in [-0.2, 0) is 11.2 Å². The number of piperidine rings is 1. The van der Waals surface area contributed by atoms with E-state index >= 15 is 0 Å². The van der Waals surface area contributed by atoms with Gasteiger partial charge >= 0.3 is 0 Å². The number of hydrogen-bond acceptors (Lipinski definition) is 4. The minimum Gasteiger partial charge on any atom is -0.421 e. The summed E-state index contributed by atoms with van der Waals surface area (Å²) in [6.07, 6.45) is 2.96. The fourth-order valence-corrected chi connectivity index (χ4v) is 2.89. The van der Waals surface area contributed by atoms with Crippen LogP contribution < -0.4 is 0 Å².